The Hall–Kier alpha value is -2.27. The number of hydrogen-bond donors (Lipinski definition) is 2. The van der Waals surface area contributed by atoms with Crippen LogP contribution in [0.2, 0.25) is 0 Å². The van der Waals surface area contributed by atoms with Gasteiger partial charge in [0.15, 0.2) is 0 Å². The lowest BCUT2D eigenvalue weighted by Crippen LogP contribution is -2.33. The number of nitrogens with zero attached hydrogens (tertiary/aromatic N) is 3. The maximum atomic E-state index is 5.95. The summed E-state index contributed by atoms with van der Waals surface area (Å²) in [5, 5.41) is 1.70. The first-order valence-corrected chi connectivity index (χ1v) is 5.36. The number of aromatic nitrogens is 1. The normalized spacial score (nSPS) is 13.9. The standard InChI is InChI=1S/C12H13N5/c13-12-11(6-3-7-15-12)16-8-17(14)10-5-2-1-4-9(10)16/h1-7H,8,14H2,(H2,13,15). The number of nitrogen functional groups attached to an aromatic ring is 1. The monoisotopic (exact) mass is 227 g/mol. The van der Waals surface area contributed by atoms with Crippen LogP contribution in [-0.2, 0) is 0 Å². The Kier molecular flexibility index (Phi) is 2.12. The zero-order valence-electron chi connectivity index (χ0n) is 9.24. The second-order valence-corrected chi connectivity index (χ2v) is 3.94. The number of fused-ring (bicyclic) bond motifs is 1. The van der Waals surface area contributed by atoms with Crippen molar-refractivity contribution in [2.75, 3.05) is 22.3 Å². The van der Waals surface area contributed by atoms with Gasteiger partial charge in [-0.1, -0.05) is 12.1 Å². The Balaban J connectivity index is 2.11. The van der Waals surface area contributed by atoms with Crippen molar-refractivity contribution >= 4 is 22.9 Å². The molecule has 1 aromatic carbocycles. The molecule has 5 nitrogen and oxygen atoms in total. The summed E-state index contributed by atoms with van der Waals surface area (Å²) in [5.41, 5.74) is 8.82. The van der Waals surface area contributed by atoms with E-state index in [1.807, 2.05) is 36.4 Å². The van der Waals surface area contributed by atoms with E-state index in [4.69, 9.17) is 11.6 Å². The van der Waals surface area contributed by atoms with Crippen LogP contribution in [0.5, 0.6) is 0 Å². The van der Waals surface area contributed by atoms with Crippen LogP contribution in [0.3, 0.4) is 0 Å². The molecule has 0 saturated heterocycles. The Morgan fingerprint density at radius 2 is 1.71 bits per heavy atom. The van der Waals surface area contributed by atoms with E-state index < -0.39 is 0 Å². The summed E-state index contributed by atoms with van der Waals surface area (Å²) in [5.74, 6) is 6.47. The number of anilines is 4. The van der Waals surface area contributed by atoms with Crippen molar-refractivity contribution in [1.29, 1.82) is 0 Å². The van der Waals surface area contributed by atoms with Crippen LogP contribution in [0.25, 0.3) is 0 Å². The van der Waals surface area contributed by atoms with Crippen molar-refractivity contribution in [3.05, 3.63) is 42.6 Å². The molecule has 0 atom stereocenters. The Morgan fingerprint density at radius 1 is 1.00 bits per heavy atom. The van der Waals surface area contributed by atoms with Gasteiger partial charge >= 0.3 is 0 Å². The summed E-state index contributed by atoms with van der Waals surface area (Å²) < 4.78 is 0. The molecule has 0 spiro atoms. The molecule has 0 bridgehead atoms. The molecule has 0 fully saturated rings. The van der Waals surface area contributed by atoms with Crippen LogP contribution < -0.4 is 21.5 Å². The quantitative estimate of drug-likeness (QED) is 0.721. The highest BCUT2D eigenvalue weighted by molar-refractivity contribution is 5.84. The minimum absolute atomic E-state index is 0.512. The van der Waals surface area contributed by atoms with Gasteiger partial charge in [-0.15, -0.1) is 0 Å². The molecule has 4 N–H and O–H groups in total. The fourth-order valence-corrected chi connectivity index (χ4v) is 2.08. The van der Waals surface area contributed by atoms with Crippen molar-refractivity contribution in [2.24, 2.45) is 5.84 Å². The van der Waals surface area contributed by atoms with Gasteiger partial charge in [-0.2, -0.15) is 0 Å². The van der Waals surface area contributed by atoms with Crippen LogP contribution in [0.1, 0.15) is 0 Å². The SMILES string of the molecule is Nc1ncccc1N1CN(N)c2ccccc21. The van der Waals surface area contributed by atoms with Crippen LogP contribution in [0.15, 0.2) is 42.6 Å². The molecule has 0 radical (unpaired) electrons. The van der Waals surface area contributed by atoms with Crippen LogP contribution >= 0.6 is 0 Å². The molecule has 1 aliphatic rings. The number of hydrazine groups is 1. The van der Waals surface area contributed by atoms with Gasteiger partial charge in [0, 0.05) is 6.20 Å². The number of rotatable bonds is 1. The molecule has 5 heteroatoms. The van der Waals surface area contributed by atoms with Crippen molar-refractivity contribution in [1.82, 2.24) is 4.98 Å². The van der Waals surface area contributed by atoms with Gasteiger partial charge < -0.3 is 10.6 Å². The van der Waals surface area contributed by atoms with E-state index in [0.717, 1.165) is 17.1 Å². The first-order valence-electron chi connectivity index (χ1n) is 5.36. The van der Waals surface area contributed by atoms with E-state index in [0.29, 0.717) is 12.5 Å². The predicted octanol–water partition coefficient (Wildman–Crippen LogP) is 1.45. The van der Waals surface area contributed by atoms with Crippen molar-refractivity contribution in [3.8, 4) is 0 Å². The Morgan fingerprint density at radius 3 is 2.47 bits per heavy atom. The second-order valence-electron chi connectivity index (χ2n) is 3.94. The average molecular weight is 227 g/mol. The smallest absolute Gasteiger partial charge is 0.147 e. The molecule has 0 aliphatic carbocycles. The molecule has 0 amide bonds. The van der Waals surface area contributed by atoms with Gasteiger partial charge in [0.05, 0.1) is 17.1 Å². The minimum atomic E-state index is 0.512. The van der Waals surface area contributed by atoms with Gasteiger partial charge in [-0.3, -0.25) is 5.01 Å². The molecular weight excluding hydrogens is 214 g/mol. The summed E-state index contributed by atoms with van der Waals surface area (Å²) in [6.45, 7) is 0.579. The van der Waals surface area contributed by atoms with E-state index >= 15 is 0 Å². The zero-order chi connectivity index (χ0) is 11.8. The first kappa shape index (κ1) is 9.92. The van der Waals surface area contributed by atoms with Crippen molar-refractivity contribution < 1.29 is 0 Å². The lowest BCUT2D eigenvalue weighted by molar-refractivity contribution is 0.886. The van der Waals surface area contributed by atoms with Gasteiger partial charge in [-0.25, -0.2) is 10.8 Å². The first-order chi connectivity index (χ1) is 8.27. The third kappa shape index (κ3) is 1.48. The molecular formula is C12H13N5. The van der Waals surface area contributed by atoms with Crippen LogP contribution in [0, 0.1) is 0 Å². The molecule has 17 heavy (non-hydrogen) atoms. The summed E-state index contributed by atoms with van der Waals surface area (Å²) in [6, 6.07) is 11.8. The number of hydrogen-bond acceptors (Lipinski definition) is 5. The number of nitrogens with two attached hydrogens (primary N) is 2. The highest BCUT2D eigenvalue weighted by Gasteiger charge is 2.25. The summed E-state index contributed by atoms with van der Waals surface area (Å²) in [6.07, 6.45) is 1.68. The van der Waals surface area contributed by atoms with E-state index in [1.54, 1.807) is 11.2 Å². The van der Waals surface area contributed by atoms with Gasteiger partial charge in [-0.05, 0) is 24.3 Å². The Labute approximate surface area is 99.2 Å². The molecule has 1 aliphatic heterocycles. The fraction of sp³-hybridized carbons (Fsp3) is 0.0833. The number of pyridine rings is 1. The Bertz CT molecular complexity index is 554. The largest absolute Gasteiger partial charge is 0.382 e. The van der Waals surface area contributed by atoms with Gasteiger partial charge in [0.25, 0.3) is 0 Å². The average Bonchev–Trinajstić information content (AvgIpc) is 2.68. The summed E-state index contributed by atoms with van der Waals surface area (Å²) in [7, 11) is 0. The molecule has 0 unspecified atom stereocenters. The molecule has 2 aromatic rings. The van der Waals surface area contributed by atoms with E-state index in [9.17, 15) is 0 Å². The third-order valence-electron chi connectivity index (χ3n) is 2.88. The molecule has 0 saturated carbocycles. The van der Waals surface area contributed by atoms with E-state index in [1.165, 1.54) is 0 Å². The maximum Gasteiger partial charge on any atom is 0.147 e. The van der Waals surface area contributed by atoms with Crippen molar-refractivity contribution in [3.63, 3.8) is 0 Å². The highest BCUT2D eigenvalue weighted by Crippen LogP contribution is 2.39. The number of benzene rings is 1. The topological polar surface area (TPSA) is 71.4 Å². The van der Waals surface area contributed by atoms with Gasteiger partial charge in [0.1, 0.15) is 12.5 Å². The van der Waals surface area contributed by atoms with Crippen molar-refractivity contribution in [2.45, 2.75) is 0 Å². The summed E-state index contributed by atoms with van der Waals surface area (Å²) in [4.78, 5) is 6.15. The predicted molar refractivity (Wildman–Crippen MR) is 68.8 cm³/mol. The lowest BCUT2D eigenvalue weighted by Gasteiger charge is -2.19. The molecule has 3 rings (SSSR count). The van der Waals surface area contributed by atoms with Crippen LogP contribution in [0.4, 0.5) is 22.9 Å². The third-order valence-corrected chi connectivity index (χ3v) is 2.88. The fourth-order valence-electron chi connectivity index (χ4n) is 2.08. The van der Waals surface area contributed by atoms with E-state index in [2.05, 4.69) is 9.88 Å². The highest BCUT2D eigenvalue weighted by atomic mass is 15.5. The molecule has 2 heterocycles. The van der Waals surface area contributed by atoms with Gasteiger partial charge in [0.2, 0.25) is 0 Å². The zero-order valence-corrected chi connectivity index (χ0v) is 9.24. The molecule has 1 aromatic heterocycles. The van der Waals surface area contributed by atoms with E-state index in [-0.39, 0.29) is 0 Å². The maximum absolute atomic E-state index is 5.95. The molecule has 86 valence electrons. The second kappa shape index (κ2) is 3.64. The lowest BCUT2D eigenvalue weighted by atomic mass is 10.2. The number of para-hydroxylation sites is 2. The summed E-state index contributed by atoms with van der Waals surface area (Å²) >= 11 is 0. The van der Waals surface area contributed by atoms with Crippen LogP contribution in [-0.4, -0.2) is 11.7 Å². The minimum Gasteiger partial charge on any atom is -0.382 e.